The van der Waals surface area contributed by atoms with Crippen LogP contribution in [0.1, 0.15) is 284 Å². The first-order valence-electron chi connectivity index (χ1n) is 26.3. The van der Waals surface area contributed by atoms with Gasteiger partial charge in [0.2, 0.25) is 0 Å². The fourth-order valence-electron chi connectivity index (χ4n) is 7.71. The summed E-state index contributed by atoms with van der Waals surface area (Å²) in [4.78, 5) is 37.9. The molecule has 0 saturated carbocycles. The van der Waals surface area contributed by atoms with Crippen LogP contribution < -0.4 is 0 Å². The van der Waals surface area contributed by atoms with E-state index in [9.17, 15) is 14.4 Å². The van der Waals surface area contributed by atoms with Crippen LogP contribution >= 0.6 is 0 Å². The van der Waals surface area contributed by atoms with E-state index in [1.165, 1.54) is 180 Å². The summed E-state index contributed by atoms with van der Waals surface area (Å²) in [6, 6.07) is 0. The maximum absolute atomic E-state index is 12.8. The molecule has 0 unspecified atom stereocenters. The number of esters is 3. The average molecular weight is 845 g/mol. The van der Waals surface area contributed by atoms with Gasteiger partial charge in [-0.1, -0.05) is 238 Å². The second kappa shape index (κ2) is 49.5. The van der Waals surface area contributed by atoms with Gasteiger partial charge in [-0.15, -0.1) is 0 Å². The van der Waals surface area contributed by atoms with Crippen LogP contribution in [-0.4, -0.2) is 37.2 Å². The first kappa shape index (κ1) is 57.9. The van der Waals surface area contributed by atoms with Crippen molar-refractivity contribution in [2.75, 3.05) is 13.2 Å². The van der Waals surface area contributed by atoms with Crippen LogP contribution in [0.15, 0.2) is 24.3 Å². The van der Waals surface area contributed by atoms with Gasteiger partial charge in [-0.2, -0.15) is 0 Å². The monoisotopic (exact) mass is 845 g/mol. The molecule has 0 N–H and O–H groups in total. The number of hydrogen-bond donors (Lipinski definition) is 0. The number of unbranched alkanes of at least 4 members (excludes halogenated alkanes) is 33. The molecule has 0 bridgehead atoms. The van der Waals surface area contributed by atoms with Crippen molar-refractivity contribution in [3.05, 3.63) is 24.3 Å². The molecular formula is C54H100O6. The van der Waals surface area contributed by atoms with Gasteiger partial charge in [-0.25, -0.2) is 0 Å². The second-order valence-corrected chi connectivity index (χ2v) is 17.8. The largest absolute Gasteiger partial charge is 0.462 e. The zero-order chi connectivity index (χ0) is 43.7. The topological polar surface area (TPSA) is 78.9 Å². The predicted octanol–water partition coefficient (Wildman–Crippen LogP) is 17.2. The van der Waals surface area contributed by atoms with Gasteiger partial charge < -0.3 is 14.2 Å². The molecule has 0 aromatic carbocycles. The van der Waals surface area contributed by atoms with Crippen LogP contribution in [-0.2, 0) is 28.6 Å². The van der Waals surface area contributed by atoms with Gasteiger partial charge in [0.25, 0.3) is 0 Å². The summed E-state index contributed by atoms with van der Waals surface area (Å²) < 4.78 is 16.8. The molecule has 0 aliphatic carbocycles. The van der Waals surface area contributed by atoms with Crippen LogP contribution in [0.5, 0.6) is 0 Å². The Morgan fingerprint density at radius 3 is 0.950 bits per heavy atom. The molecule has 6 nitrogen and oxygen atoms in total. The predicted molar refractivity (Wildman–Crippen MR) is 256 cm³/mol. The van der Waals surface area contributed by atoms with E-state index < -0.39 is 6.10 Å². The minimum Gasteiger partial charge on any atom is -0.462 e. The highest BCUT2D eigenvalue weighted by atomic mass is 16.6. The smallest absolute Gasteiger partial charge is 0.306 e. The van der Waals surface area contributed by atoms with E-state index in [2.05, 4.69) is 45.1 Å². The van der Waals surface area contributed by atoms with Gasteiger partial charge >= 0.3 is 17.9 Å². The first-order chi connectivity index (χ1) is 29.5. The number of ether oxygens (including phenoxy) is 3. The van der Waals surface area contributed by atoms with Gasteiger partial charge in [0.05, 0.1) is 0 Å². The van der Waals surface area contributed by atoms with E-state index in [1.807, 2.05) is 0 Å². The van der Waals surface area contributed by atoms with E-state index in [0.29, 0.717) is 19.3 Å². The van der Waals surface area contributed by atoms with Gasteiger partial charge in [0.1, 0.15) is 13.2 Å². The maximum atomic E-state index is 12.8. The van der Waals surface area contributed by atoms with Crippen molar-refractivity contribution >= 4 is 17.9 Å². The Morgan fingerprint density at radius 2 is 0.600 bits per heavy atom. The second-order valence-electron chi connectivity index (χ2n) is 17.8. The quantitative estimate of drug-likeness (QED) is 0.0263. The van der Waals surface area contributed by atoms with Crippen LogP contribution in [0.2, 0.25) is 0 Å². The van der Waals surface area contributed by atoms with Crippen molar-refractivity contribution in [3.8, 4) is 0 Å². The lowest BCUT2D eigenvalue weighted by Gasteiger charge is -2.18. The summed E-state index contributed by atoms with van der Waals surface area (Å²) in [6.45, 7) is 6.63. The number of rotatable bonds is 48. The Morgan fingerprint density at radius 1 is 0.333 bits per heavy atom. The molecule has 0 spiro atoms. The Hall–Kier alpha value is -2.11. The summed E-state index contributed by atoms with van der Waals surface area (Å²) in [5, 5.41) is 0. The standard InChI is InChI=1S/C54H100O6/c1-4-7-10-13-16-19-22-24-25-26-27-28-29-30-33-35-38-41-44-47-53(56)59-50-51(49-58-52(55)46-43-40-37-34-31-21-18-15-12-9-6-3)60-54(57)48-45-42-39-36-32-23-20-17-14-11-8-5-2/h16,19,24-25,51H,4-15,17-18,20-23,26-50H2,1-3H3/b19-16-,25-24-/t51-/m0/s1. The molecule has 0 heterocycles. The van der Waals surface area contributed by atoms with E-state index >= 15 is 0 Å². The third kappa shape index (κ3) is 46.9. The summed E-state index contributed by atoms with van der Waals surface area (Å²) in [5.74, 6) is -0.859. The highest BCUT2D eigenvalue weighted by Crippen LogP contribution is 2.16. The number of carbonyl (C=O) groups is 3. The van der Waals surface area contributed by atoms with E-state index in [0.717, 1.165) is 64.2 Å². The molecule has 60 heavy (non-hydrogen) atoms. The van der Waals surface area contributed by atoms with Gasteiger partial charge in [-0.05, 0) is 51.4 Å². The zero-order valence-electron chi connectivity index (χ0n) is 40.2. The fraction of sp³-hybridized carbons (Fsp3) is 0.870. The molecule has 0 aliphatic rings. The molecule has 0 aliphatic heterocycles. The fourth-order valence-corrected chi connectivity index (χ4v) is 7.71. The molecule has 352 valence electrons. The minimum atomic E-state index is -0.765. The Bertz CT molecular complexity index is 973. The molecule has 0 aromatic rings. The number of allylic oxidation sites excluding steroid dienone is 4. The number of carbonyl (C=O) groups excluding carboxylic acids is 3. The average Bonchev–Trinajstić information content (AvgIpc) is 3.24. The molecule has 0 rings (SSSR count). The normalized spacial score (nSPS) is 12.1. The van der Waals surface area contributed by atoms with Gasteiger partial charge in [-0.3, -0.25) is 14.4 Å². The Kier molecular flexibility index (Phi) is 47.8. The lowest BCUT2D eigenvalue weighted by molar-refractivity contribution is -0.167. The molecule has 0 amide bonds. The molecule has 6 heteroatoms. The van der Waals surface area contributed by atoms with Crippen molar-refractivity contribution in [1.82, 2.24) is 0 Å². The van der Waals surface area contributed by atoms with Crippen molar-refractivity contribution in [2.45, 2.75) is 290 Å². The van der Waals surface area contributed by atoms with Crippen molar-refractivity contribution < 1.29 is 28.6 Å². The minimum absolute atomic E-state index is 0.0676. The van der Waals surface area contributed by atoms with Crippen molar-refractivity contribution in [3.63, 3.8) is 0 Å². The van der Waals surface area contributed by atoms with Crippen LogP contribution in [0, 0.1) is 0 Å². The Labute approximate surface area is 373 Å². The summed E-state index contributed by atoms with van der Waals surface area (Å²) in [5.41, 5.74) is 0. The third-order valence-electron chi connectivity index (χ3n) is 11.7. The molecular weight excluding hydrogens is 745 g/mol. The van der Waals surface area contributed by atoms with Crippen LogP contribution in [0.25, 0.3) is 0 Å². The van der Waals surface area contributed by atoms with E-state index in [4.69, 9.17) is 14.2 Å². The third-order valence-corrected chi connectivity index (χ3v) is 11.7. The maximum Gasteiger partial charge on any atom is 0.306 e. The zero-order valence-corrected chi connectivity index (χ0v) is 40.2. The van der Waals surface area contributed by atoms with E-state index in [-0.39, 0.29) is 31.1 Å². The Balaban J connectivity index is 4.28. The highest BCUT2D eigenvalue weighted by Gasteiger charge is 2.19. The van der Waals surface area contributed by atoms with Crippen molar-refractivity contribution in [1.29, 1.82) is 0 Å². The van der Waals surface area contributed by atoms with Crippen LogP contribution in [0.3, 0.4) is 0 Å². The van der Waals surface area contributed by atoms with Gasteiger partial charge in [0.15, 0.2) is 6.10 Å². The molecule has 0 aromatic heterocycles. The highest BCUT2D eigenvalue weighted by molar-refractivity contribution is 5.71. The lowest BCUT2D eigenvalue weighted by atomic mass is 10.0. The summed E-state index contributed by atoms with van der Waals surface area (Å²) >= 11 is 0. The molecule has 1 atom stereocenters. The molecule has 0 saturated heterocycles. The number of hydrogen-bond acceptors (Lipinski definition) is 6. The molecule has 0 fully saturated rings. The first-order valence-corrected chi connectivity index (χ1v) is 26.3. The summed E-state index contributed by atoms with van der Waals surface area (Å²) in [6.07, 6.45) is 55.9. The summed E-state index contributed by atoms with van der Waals surface area (Å²) in [7, 11) is 0. The lowest BCUT2D eigenvalue weighted by Crippen LogP contribution is -2.30. The van der Waals surface area contributed by atoms with Crippen molar-refractivity contribution in [2.24, 2.45) is 0 Å². The van der Waals surface area contributed by atoms with Gasteiger partial charge in [0, 0.05) is 19.3 Å². The molecule has 0 radical (unpaired) electrons. The SMILES string of the molecule is CCCCC/C=C\C/C=C\CCCCCCCCCCCC(=O)OC[C@H](COC(=O)CCCCCCCCCCCCC)OC(=O)CCCCCCCCCCCCCC. The van der Waals surface area contributed by atoms with E-state index in [1.54, 1.807) is 0 Å². The van der Waals surface area contributed by atoms with Crippen LogP contribution in [0.4, 0.5) is 0 Å².